The Morgan fingerprint density at radius 1 is 1.03 bits per heavy atom. The molecule has 0 N–H and O–H groups in total. The van der Waals surface area contributed by atoms with E-state index in [0.717, 1.165) is 11.4 Å². The zero-order chi connectivity index (χ0) is 24.1. The fraction of sp³-hybridized carbons (Fsp3) is 0.364. The summed E-state index contributed by atoms with van der Waals surface area (Å²) < 4.78 is 39.7. The third-order valence-corrected chi connectivity index (χ3v) is 7.49. The summed E-state index contributed by atoms with van der Waals surface area (Å²) in [6.07, 6.45) is 0. The first kappa shape index (κ1) is 23.8. The van der Waals surface area contributed by atoms with Crippen molar-refractivity contribution in [3.8, 4) is 11.4 Å². The molecule has 3 aromatic rings. The first-order valence-electron chi connectivity index (χ1n) is 10.8. The molecule has 0 atom stereocenters. The van der Waals surface area contributed by atoms with Gasteiger partial charge in [-0.1, -0.05) is 12.1 Å². The number of hydrogen-bond acceptors (Lipinski definition) is 9. The Kier molecular flexibility index (Phi) is 7.20. The highest BCUT2D eigenvalue weighted by atomic mass is 32.2. The number of ether oxygens (including phenoxy) is 2. The van der Waals surface area contributed by atoms with Crippen molar-refractivity contribution in [1.82, 2.24) is 29.4 Å². The first-order chi connectivity index (χ1) is 16.4. The van der Waals surface area contributed by atoms with Gasteiger partial charge in [0, 0.05) is 26.2 Å². The maximum Gasteiger partial charge on any atom is 0.339 e. The van der Waals surface area contributed by atoms with E-state index in [1.807, 2.05) is 31.2 Å². The molecular formula is C22H26N6O5S. The molecule has 1 aliphatic rings. The Morgan fingerprint density at radius 2 is 1.74 bits per heavy atom. The van der Waals surface area contributed by atoms with Crippen LogP contribution in [0.15, 0.2) is 53.4 Å². The van der Waals surface area contributed by atoms with Crippen LogP contribution in [0.5, 0.6) is 5.75 Å². The number of tetrazole rings is 1. The van der Waals surface area contributed by atoms with Crippen LogP contribution in [0, 0.1) is 0 Å². The molecule has 1 aromatic heterocycles. The van der Waals surface area contributed by atoms with Gasteiger partial charge in [0.2, 0.25) is 10.0 Å². The lowest BCUT2D eigenvalue weighted by molar-refractivity contribution is 0.0596. The lowest BCUT2D eigenvalue weighted by Gasteiger charge is -2.33. The molecule has 0 aliphatic carbocycles. The highest BCUT2D eigenvalue weighted by Crippen LogP contribution is 2.23. The fourth-order valence-corrected chi connectivity index (χ4v) is 5.39. The van der Waals surface area contributed by atoms with E-state index in [1.165, 1.54) is 23.5 Å². The Bertz CT molecular complexity index is 1240. The SMILES string of the molecule is CCOc1ccc(-n2nnnc2CN2CCN(S(=O)(=O)c3ccccc3C(=O)OC)CC2)cc1. The summed E-state index contributed by atoms with van der Waals surface area (Å²) in [7, 11) is -2.62. The normalized spacial score (nSPS) is 15.2. The zero-order valence-electron chi connectivity index (χ0n) is 19.0. The van der Waals surface area contributed by atoms with Crippen LogP contribution < -0.4 is 4.74 Å². The predicted molar refractivity (Wildman–Crippen MR) is 122 cm³/mol. The van der Waals surface area contributed by atoms with Crippen molar-refractivity contribution < 1.29 is 22.7 Å². The van der Waals surface area contributed by atoms with Crippen LogP contribution in [0.4, 0.5) is 0 Å². The van der Waals surface area contributed by atoms with E-state index < -0.39 is 16.0 Å². The van der Waals surface area contributed by atoms with E-state index in [9.17, 15) is 13.2 Å². The lowest BCUT2D eigenvalue weighted by Crippen LogP contribution is -2.48. The summed E-state index contributed by atoms with van der Waals surface area (Å²) in [5, 5.41) is 12.0. The molecule has 0 radical (unpaired) electrons. The van der Waals surface area contributed by atoms with Crippen LogP contribution in [0.2, 0.25) is 0 Å². The topological polar surface area (TPSA) is 120 Å². The summed E-state index contributed by atoms with van der Waals surface area (Å²) in [5.74, 6) is 0.738. The molecular weight excluding hydrogens is 460 g/mol. The number of carbonyl (C=O) groups is 1. The third-order valence-electron chi connectivity index (χ3n) is 5.53. The van der Waals surface area contributed by atoms with Crippen LogP contribution in [-0.4, -0.2) is 83.7 Å². The van der Waals surface area contributed by atoms with Gasteiger partial charge in [-0.25, -0.2) is 13.2 Å². The molecule has 1 fully saturated rings. The monoisotopic (exact) mass is 486 g/mol. The van der Waals surface area contributed by atoms with Gasteiger partial charge in [0.05, 0.1) is 36.4 Å². The van der Waals surface area contributed by atoms with Crippen LogP contribution in [-0.2, 0) is 21.3 Å². The third kappa shape index (κ3) is 4.93. The Labute approximate surface area is 197 Å². The molecule has 1 saturated heterocycles. The first-order valence-corrected chi connectivity index (χ1v) is 12.3. The number of carbonyl (C=O) groups excluding carboxylic acids is 1. The van der Waals surface area contributed by atoms with Gasteiger partial charge in [-0.05, 0) is 53.7 Å². The van der Waals surface area contributed by atoms with Gasteiger partial charge in [0.15, 0.2) is 5.82 Å². The highest BCUT2D eigenvalue weighted by Gasteiger charge is 2.32. The van der Waals surface area contributed by atoms with Gasteiger partial charge < -0.3 is 9.47 Å². The number of hydrogen-bond donors (Lipinski definition) is 0. The van der Waals surface area contributed by atoms with Crippen LogP contribution in [0.1, 0.15) is 23.1 Å². The Hall–Kier alpha value is -3.35. The quantitative estimate of drug-likeness (QED) is 0.435. The number of sulfonamides is 1. The van der Waals surface area contributed by atoms with E-state index in [2.05, 4.69) is 20.4 Å². The molecule has 12 heteroatoms. The molecule has 0 bridgehead atoms. The van der Waals surface area contributed by atoms with Gasteiger partial charge in [0.25, 0.3) is 0 Å². The predicted octanol–water partition coefficient (Wildman–Crippen LogP) is 1.35. The molecule has 0 unspecified atom stereocenters. The molecule has 180 valence electrons. The molecule has 11 nitrogen and oxygen atoms in total. The van der Waals surface area contributed by atoms with Crippen LogP contribution >= 0.6 is 0 Å². The fourth-order valence-electron chi connectivity index (χ4n) is 3.79. The van der Waals surface area contributed by atoms with E-state index in [4.69, 9.17) is 9.47 Å². The smallest absolute Gasteiger partial charge is 0.339 e. The number of piperazine rings is 1. The molecule has 2 aromatic carbocycles. The zero-order valence-corrected chi connectivity index (χ0v) is 19.8. The van der Waals surface area contributed by atoms with E-state index in [-0.39, 0.29) is 23.5 Å². The average Bonchev–Trinajstić information content (AvgIpc) is 3.32. The molecule has 1 aliphatic heterocycles. The minimum atomic E-state index is -3.84. The number of benzene rings is 2. The van der Waals surface area contributed by atoms with Crippen molar-refractivity contribution >= 4 is 16.0 Å². The van der Waals surface area contributed by atoms with Crippen molar-refractivity contribution in [2.75, 3.05) is 39.9 Å². The second kappa shape index (κ2) is 10.3. The standard InChI is InChI=1S/C22H26N6O5S/c1-3-33-18-10-8-17(9-11-18)28-21(23-24-25-28)16-26-12-14-27(15-13-26)34(30,31)20-7-5-4-6-19(20)22(29)32-2/h4-11H,3,12-16H2,1-2H3. The Balaban J connectivity index is 1.43. The molecule has 2 heterocycles. The van der Waals surface area contributed by atoms with Gasteiger partial charge in [-0.15, -0.1) is 5.10 Å². The van der Waals surface area contributed by atoms with E-state index in [1.54, 1.807) is 16.8 Å². The molecule has 0 saturated carbocycles. The number of aromatic nitrogens is 4. The van der Waals surface area contributed by atoms with Crippen molar-refractivity contribution in [3.63, 3.8) is 0 Å². The number of methoxy groups -OCH3 is 1. The minimum absolute atomic E-state index is 0.0296. The maximum absolute atomic E-state index is 13.2. The van der Waals surface area contributed by atoms with Gasteiger partial charge in [-0.3, -0.25) is 4.90 Å². The second-order valence-electron chi connectivity index (χ2n) is 7.60. The molecule has 4 rings (SSSR count). The summed E-state index contributed by atoms with van der Waals surface area (Å²) >= 11 is 0. The van der Waals surface area contributed by atoms with Gasteiger partial charge >= 0.3 is 5.97 Å². The van der Waals surface area contributed by atoms with Gasteiger partial charge in [0.1, 0.15) is 5.75 Å². The van der Waals surface area contributed by atoms with Crippen molar-refractivity contribution in [2.45, 2.75) is 18.4 Å². The van der Waals surface area contributed by atoms with Crippen LogP contribution in [0.3, 0.4) is 0 Å². The van der Waals surface area contributed by atoms with Gasteiger partial charge in [-0.2, -0.15) is 8.99 Å². The summed E-state index contributed by atoms with van der Waals surface area (Å²) in [6.45, 7) is 4.53. The number of rotatable bonds is 8. The largest absolute Gasteiger partial charge is 0.494 e. The summed E-state index contributed by atoms with van der Waals surface area (Å²) in [6, 6.07) is 13.6. The maximum atomic E-state index is 13.2. The van der Waals surface area contributed by atoms with E-state index >= 15 is 0 Å². The lowest BCUT2D eigenvalue weighted by atomic mass is 10.2. The number of nitrogens with zero attached hydrogens (tertiary/aromatic N) is 6. The highest BCUT2D eigenvalue weighted by molar-refractivity contribution is 7.89. The average molecular weight is 487 g/mol. The summed E-state index contributed by atoms with van der Waals surface area (Å²) in [5.41, 5.74) is 0.839. The van der Waals surface area contributed by atoms with Crippen LogP contribution in [0.25, 0.3) is 5.69 Å². The van der Waals surface area contributed by atoms with Crippen molar-refractivity contribution in [1.29, 1.82) is 0 Å². The summed E-state index contributed by atoms with van der Waals surface area (Å²) in [4.78, 5) is 14.1. The number of esters is 1. The minimum Gasteiger partial charge on any atom is -0.494 e. The van der Waals surface area contributed by atoms with Crippen molar-refractivity contribution in [2.24, 2.45) is 0 Å². The molecule has 0 spiro atoms. The van der Waals surface area contributed by atoms with E-state index in [0.29, 0.717) is 32.1 Å². The molecule has 0 amide bonds. The molecule has 34 heavy (non-hydrogen) atoms. The second-order valence-corrected chi connectivity index (χ2v) is 9.51. The van der Waals surface area contributed by atoms with Crippen molar-refractivity contribution in [3.05, 3.63) is 59.9 Å². The Morgan fingerprint density at radius 3 is 2.41 bits per heavy atom.